The summed E-state index contributed by atoms with van der Waals surface area (Å²) < 4.78 is 4.80. The van der Waals surface area contributed by atoms with Crippen LogP contribution in [0.25, 0.3) is 0 Å². The summed E-state index contributed by atoms with van der Waals surface area (Å²) >= 11 is 0. The Bertz CT molecular complexity index is 186. The predicted octanol–water partition coefficient (Wildman–Crippen LogP) is 0.999. The Morgan fingerprint density at radius 1 is 1.56 bits per heavy atom. The summed E-state index contributed by atoms with van der Waals surface area (Å²) in [6, 6.07) is 0. The zero-order valence-corrected chi connectivity index (χ0v) is 4.82. The van der Waals surface area contributed by atoms with Crippen LogP contribution in [0.1, 0.15) is 0 Å². The van der Waals surface area contributed by atoms with Crippen LogP contribution in [0.15, 0.2) is 31.4 Å². The third-order valence-electron chi connectivity index (χ3n) is 0.744. The summed E-state index contributed by atoms with van der Waals surface area (Å²) in [5, 5.41) is 0. The molecule has 46 valence electrons. The first-order chi connectivity index (χ1) is 4.43. The molecule has 0 aromatic carbocycles. The lowest BCUT2D eigenvalue weighted by Crippen LogP contribution is -1.84. The second-order valence-corrected chi connectivity index (χ2v) is 1.33. The second kappa shape index (κ2) is 2.81. The Balaban J connectivity index is 2.72. The van der Waals surface area contributed by atoms with Gasteiger partial charge in [-0.1, -0.05) is 6.58 Å². The van der Waals surface area contributed by atoms with Crippen LogP contribution < -0.4 is 4.74 Å². The number of hydrogen-bond acceptors (Lipinski definition) is 3. The van der Waals surface area contributed by atoms with Crippen molar-refractivity contribution in [3.8, 4) is 5.88 Å². The molecule has 1 rings (SSSR count). The molecule has 0 aliphatic heterocycles. The highest BCUT2D eigenvalue weighted by Crippen LogP contribution is 1.99. The van der Waals surface area contributed by atoms with Crippen molar-refractivity contribution in [1.29, 1.82) is 0 Å². The van der Waals surface area contributed by atoms with Crippen LogP contribution >= 0.6 is 0 Å². The van der Waals surface area contributed by atoms with Crippen LogP contribution in [0.2, 0.25) is 0 Å². The van der Waals surface area contributed by atoms with E-state index in [-0.39, 0.29) is 0 Å². The number of ether oxygens (including phenoxy) is 1. The van der Waals surface area contributed by atoms with E-state index < -0.39 is 0 Å². The number of nitrogens with zero attached hydrogens (tertiary/aromatic N) is 2. The lowest BCUT2D eigenvalue weighted by Gasteiger charge is -1.92. The van der Waals surface area contributed by atoms with E-state index in [9.17, 15) is 0 Å². The molecule has 3 nitrogen and oxygen atoms in total. The molecule has 0 aliphatic carbocycles. The fourth-order valence-electron chi connectivity index (χ4n) is 0.432. The van der Waals surface area contributed by atoms with Crippen LogP contribution in [-0.4, -0.2) is 9.97 Å². The molecule has 0 amide bonds. The maximum Gasteiger partial charge on any atom is 0.237 e. The summed E-state index contributed by atoms with van der Waals surface area (Å²) in [5.74, 6) is 0.465. The van der Waals surface area contributed by atoms with E-state index in [0.717, 1.165) is 0 Å². The molecule has 1 aromatic heterocycles. The van der Waals surface area contributed by atoms with E-state index in [0.29, 0.717) is 5.88 Å². The van der Waals surface area contributed by atoms with Gasteiger partial charge in [0.2, 0.25) is 5.88 Å². The molecule has 0 radical (unpaired) electrons. The molecule has 0 saturated carbocycles. The van der Waals surface area contributed by atoms with E-state index in [1.807, 2.05) is 0 Å². The van der Waals surface area contributed by atoms with Crippen molar-refractivity contribution in [3.63, 3.8) is 0 Å². The van der Waals surface area contributed by atoms with Gasteiger partial charge in [-0.05, 0) is 0 Å². The Morgan fingerprint density at radius 3 is 3.00 bits per heavy atom. The van der Waals surface area contributed by atoms with Gasteiger partial charge in [0.25, 0.3) is 0 Å². The Morgan fingerprint density at radius 2 is 2.44 bits per heavy atom. The van der Waals surface area contributed by atoms with Crippen molar-refractivity contribution < 1.29 is 4.74 Å². The second-order valence-electron chi connectivity index (χ2n) is 1.33. The molecule has 0 unspecified atom stereocenters. The quantitative estimate of drug-likeness (QED) is 0.549. The maximum atomic E-state index is 4.80. The number of rotatable bonds is 2. The summed E-state index contributed by atoms with van der Waals surface area (Å²) in [6.45, 7) is 3.37. The van der Waals surface area contributed by atoms with Crippen molar-refractivity contribution in [2.24, 2.45) is 0 Å². The normalized spacial score (nSPS) is 8.44. The molecule has 0 fully saturated rings. The molecule has 0 spiro atoms. The van der Waals surface area contributed by atoms with Crippen molar-refractivity contribution >= 4 is 0 Å². The van der Waals surface area contributed by atoms with Gasteiger partial charge >= 0.3 is 0 Å². The van der Waals surface area contributed by atoms with Gasteiger partial charge in [0.15, 0.2) is 0 Å². The minimum Gasteiger partial charge on any atom is -0.446 e. The highest BCUT2D eigenvalue weighted by atomic mass is 16.5. The molecule has 0 N–H and O–H groups in total. The highest BCUT2D eigenvalue weighted by Gasteiger charge is 1.85. The van der Waals surface area contributed by atoms with Gasteiger partial charge in [-0.25, -0.2) is 4.98 Å². The Kier molecular flexibility index (Phi) is 1.80. The first-order valence-corrected chi connectivity index (χ1v) is 2.47. The van der Waals surface area contributed by atoms with Crippen molar-refractivity contribution in [3.05, 3.63) is 31.4 Å². The molecule has 3 heteroatoms. The molecule has 0 aliphatic rings. The van der Waals surface area contributed by atoms with E-state index in [1.165, 1.54) is 12.5 Å². The van der Waals surface area contributed by atoms with Crippen LogP contribution in [0.5, 0.6) is 5.88 Å². The van der Waals surface area contributed by atoms with Crippen molar-refractivity contribution in [1.82, 2.24) is 9.97 Å². The minimum atomic E-state index is 0.465. The lowest BCUT2D eigenvalue weighted by molar-refractivity contribution is 0.460. The third-order valence-corrected chi connectivity index (χ3v) is 0.744. The van der Waals surface area contributed by atoms with E-state index in [2.05, 4.69) is 16.5 Å². The van der Waals surface area contributed by atoms with Crippen LogP contribution in [0, 0.1) is 0 Å². The fraction of sp³-hybridized carbons (Fsp3) is 0. The standard InChI is InChI=1S/C6H6N2O/c1-2-9-6-5-7-3-4-8-6/h2-5H,1H2. The topological polar surface area (TPSA) is 35.0 Å². The first-order valence-electron chi connectivity index (χ1n) is 2.47. The van der Waals surface area contributed by atoms with Crippen LogP contribution in [0.3, 0.4) is 0 Å². The number of hydrogen-bond donors (Lipinski definition) is 0. The third kappa shape index (κ3) is 1.53. The maximum absolute atomic E-state index is 4.80. The summed E-state index contributed by atoms with van der Waals surface area (Å²) in [5.41, 5.74) is 0. The van der Waals surface area contributed by atoms with Gasteiger partial charge < -0.3 is 4.74 Å². The van der Waals surface area contributed by atoms with Gasteiger partial charge in [0.05, 0.1) is 12.5 Å². The smallest absolute Gasteiger partial charge is 0.237 e. The lowest BCUT2D eigenvalue weighted by atomic mass is 10.7. The van der Waals surface area contributed by atoms with E-state index >= 15 is 0 Å². The van der Waals surface area contributed by atoms with Gasteiger partial charge in [-0.15, -0.1) is 0 Å². The first kappa shape index (κ1) is 5.75. The average Bonchev–Trinajstić information content (AvgIpc) is 1.91. The van der Waals surface area contributed by atoms with Crippen molar-refractivity contribution in [2.75, 3.05) is 0 Å². The van der Waals surface area contributed by atoms with Crippen LogP contribution in [0.4, 0.5) is 0 Å². The SMILES string of the molecule is C=COc1cnccn1. The van der Waals surface area contributed by atoms with Gasteiger partial charge in [-0.3, -0.25) is 4.98 Å². The number of aromatic nitrogens is 2. The summed E-state index contributed by atoms with van der Waals surface area (Å²) in [7, 11) is 0. The Hall–Kier alpha value is -1.38. The molecule has 1 heterocycles. The van der Waals surface area contributed by atoms with Crippen molar-refractivity contribution in [2.45, 2.75) is 0 Å². The largest absolute Gasteiger partial charge is 0.446 e. The van der Waals surface area contributed by atoms with Gasteiger partial charge in [0.1, 0.15) is 0 Å². The molecule has 0 bridgehead atoms. The minimum absolute atomic E-state index is 0.465. The van der Waals surface area contributed by atoms with Gasteiger partial charge in [0, 0.05) is 12.4 Å². The molecular formula is C6H6N2O. The molecule has 9 heavy (non-hydrogen) atoms. The molecule has 0 atom stereocenters. The van der Waals surface area contributed by atoms with E-state index in [4.69, 9.17) is 4.74 Å². The zero-order chi connectivity index (χ0) is 6.53. The molecular weight excluding hydrogens is 116 g/mol. The monoisotopic (exact) mass is 122 g/mol. The summed E-state index contributed by atoms with van der Waals surface area (Å²) in [4.78, 5) is 7.58. The fourth-order valence-corrected chi connectivity index (χ4v) is 0.432. The van der Waals surface area contributed by atoms with Gasteiger partial charge in [-0.2, -0.15) is 0 Å². The van der Waals surface area contributed by atoms with Crippen LogP contribution in [-0.2, 0) is 0 Å². The predicted molar refractivity (Wildman–Crippen MR) is 32.9 cm³/mol. The molecule has 1 aromatic rings. The zero-order valence-electron chi connectivity index (χ0n) is 4.82. The van der Waals surface area contributed by atoms with E-state index in [1.54, 1.807) is 12.4 Å². The summed E-state index contributed by atoms with van der Waals surface area (Å²) in [6.07, 6.45) is 5.96. The average molecular weight is 122 g/mol. The highest BCUT2D eigenvalue weighted by molar-refractivity contribution is 5.02. The Labute approximate surface area is 53.0 Å². The molecule has 0 saturated heterocycles.